The zero-order valence-corrected chi connectivity index (χ0v) is 15.7. The van der Waals surface area contributed by atoms with Crippen molar-refractivity contribution in [3.05, 3.63) is 58.0 Å². The van der Waals surface area contributed by atoms with Crippen LogP contribution in [0.15, 0.2) is 36.7 Å². The van der Waals surface area contributed by atoms with Crippen LogP contribution in [0, 0.1) is 23.0 Å². The molecule has 1 N–H and O–H groups in total. The quantitative estimate of drug-likeness (QED) is 0.442. The van der Waals surface area contributed by atoms with Gasteiger partial charge in [0.1, 0.15) is 11.9 Å². The highest BCUT2D eigenvalue weighted by atomic mass is 16.6. The molecule has 1 aromatic carbocycles. The van der Waals surface area contributed by atoms with Gasteiger partial charge in [0.25, 0.3) is 0 Å². The molecule has 148 valence electrons. The number of nitrogens with zero attached hydrogens (tertiary/aromatic N) is 6. The van der Waals surface area contributed by atoms with Crippen LogP contribution in [0.4, 0.5) is 5.82 Å². The maximum absolute atomic E-state index is 10.7. The lowest BCUT2D eigenvalue weighted by Gasteiger charge is -2.10. The monoisotopic (exact) mass is 386 g/mol. The van der Waals surface area contributed by atoms with Crippen LogP contribution < -0.4 is 4.74 Å². The Hall–Kier alpha value is -3.43. The van der Waals surface area contributed by atoms with Crippen LogP contribution >= 0.6 is 0 Å². The predicted molar refractivity (Wildman–Crippen MR) is 100 cm³/mol. The second kappa shape index (κ2) is 8.51. The van der Waals surface area contributed by atoms with E-state index < -0.39 is 4.92 Å². The van der Waals surface area contributed by atoms with E-state index in [4.69, 9.17) is 4.74 Å². The van der Waals surface area contributed by atoms with Gasteiger partial charge in [-0.1, -0.05) is 29.8 Å². The second-order valence-corrected chi connectivity index (χ2v) is 6.76. The van der Waals surface area contributed by atoms with Gasteiger partial charge in [-0.3, -0.25) is 9.25 Å². The standard InChI is InChI=1S/C18H22N6O4/c1-13-3-5-16(6-4-13)28-8-7-15-11-23(21-20-15)10-14(2)9-22-12-17(24(26)27)19-18(22)25/h3-6,11-12,14H,7-10H2,1-2H3,(H,19,25)/t14-/m0/s1. The minimum Gasteiger partial charge on any atom is -0.493 e. The van der Waals surface area contributed by atoms with Gasteiger partial charge >= 0.3 is 11.8 Å². The Morgan fingerprint density at radius 1 is 1.25 bits per heavy atom. The first-order valence-electron chi connectivity index (χ1n) is 8.89. The van der Waals surface area contributed by atoms with E-state index in [2.05, 4.69) is 15.3 Å². The molecule has 0 amide bonds. The summed E-state index contributed by atoms with van der Waals surface area (Å²) < 4.78 is 8.77. The van der Waals surface area contributed by atoms with Crippen molar-refractivity contribution in [2.45, 2.75) is 33.4 Å². The van der Waals surface area contributed by atoms with Crippen LogP contribution in [0.5, 0.6) is 11.8 Å². The lowest BCUT2D eigenvalue weighted by atomic mass is 10.2. The number of hydrogen-bond donors (Lipinski definition) is 1. The van der Waals surface area contributed by atoms with Crippen molar-refractivity contribution >= 4 is 5.82 Å². The molecule has 3 rings (SSSR count). The van der Waals surface area contributed by atoms with E-state index in [1.165, 1.54) is 16.3 Å². The van der Waals surface area contributed by atoms with E-state index in [9.17, 15) is 15.2 Å². The van der Waals surface area contributed by atoms with E-state index in [0.717, 1.165) is 11.4 Å². The number of benzene rings is 1. The molecule has 10 heteroatoms. The Bertz CT molecular complexity index is 934. The summed E-state index contributed by atoms with van der Waals surface area (Å²) >= 11 is 0. The van der Waals surface area contributed by atoms with Crippen molar-refractivity contribution in [1.82, 2.24) is 24.5 Å². The number of aromatic nitrogens is 5. The molecule has 0 spiro atoms. The van der Waals surface area contributed by atoms with Crippen molar-refractivity contribution in [3.8, 4) is 11.8 Å². The molecule has 28 heavy (non-hydrogen) atoms. The maximum Gasteiger partial charge on any atom is 0.411 e. The Balaban J connectivity index is 1.48. The minimum absolute atomic E-state index is 0.0538. The van der Waals surface area contributed by atoms with Crippen LogP contribution in [-0.4, -0.2) is 41.2 Å². The van der Waals surface area contributed by atoms with Gasteiger partial charge in [0.05, 0.1) is 12.3 Å². The van der Waals surface area contributed by atoms with Crippen LogP contribution in [0.2, 0.25) is 0 Å². The van der Waals surface area contributed by atoms with Gasteiger partial charge < -0.3 is 20.0 Å². The summed E-state index contributed by atoms with van der Waals surface area (Å²) in [4.78, 5) is 13.6. The number of aryl methyl sites for hydroxylation is 1. The summed E-state index contributed by atoms with van der Waals surface area (Å²) in [5.74, 6) is 0.500. The summed E-state index contributed by atoms with van der Waals surface area (Å²) in [7, 11) is 0. The molecule has 0 saturated carbocycles. The number of hydrogen-bond acceptors (Lipinski definition) is 7. The lowest BCUT2D eigenvalue weighted by molar-refractivity contribution is -0.389. The highest BCUT2D eigenvalue weighted by Gasteiger charge is 2.19. The van der Waals surface area contributed by atoms with Gasteiger partial charge in [-0.05, 0) is 29.9 Å². The van der Waals surface area contributed by atoms with E-state index in [-0.39, 0.29) is 17.7 Å². The largest absolute Gasteiger partial charge is 0.493 e. The molecule has 2 heterocycles. The molecule has 0 bridgehead atoms. The molecular weight excluding hydrogens is 364 g/mol. The molecular formula is C18H22N6O4. The van der Waals surface area contributed by atoms with E-state index in [1.807, 2.05) is 44.3 Å². The first kappa shape index (κ1) is 19.3. The number of aromatic hydroxyl groups is 1. The van der Waals surface area contributed by atoms with Gasteiger partial charge in [-0.2, -0.15) is 0 Å². The number of nitro groups is 1. The van der Waals surface area contributed by atoms with Gasteiger partial charge in [-0.25, -0.2) is 0 Å². The molecule has 0 radical (unpaired) electrons. The van der Waals surface area contributed by atoms with E-state index >= 15 is 0 Å². The number of rotatable bonds is 9. The second-order valence-electron chi connectivity index (χ2n) is 6.76. The Morgan fingerprint density at radius 2 is 2.00 bits per heavy atom. The van der Waals surface area contributed by atoms with Crippen molar-refractivity contribution in [3.63, 3.8) is 0 Å². The molecule has 0 fully saturated rings. The first-order chi connectivity index (χ1) is 13.4. The van der Waals surface area contributed by atoms with Crippen molar-refractivity contribution in [1.29, 1.82) is 0 Å². The summed E-state index contributed by atoms with van der Waals surface area (Å²) in [6.07, 6.45) is 3.71. The molecule has 0 aliphatic carbocycles. The third kappa shape index (κ3) is 5.06. The predicted octanol–water partition coefficient (Wildman–Crippen LogP) is 2.35. The summed E-state index contributed by atoms with van der Waals surface area (Å²) in [6, 6.07) is 7.50. The first-order valence-corrected chi connectivity index (χ1v) is 8.89. The Morgan fingerprint density at radius 3 is 2.68 bits per heavy atom. The van der Waals surface area contributed by atoms with Gasteiger partial charge in [0.15, 0.2) is 0 Å². The van der Waals surface area contributed by atoms with Crippen LogP contribution in [0.1, 0.15) is 18.2 Å². The molecule has 10 nitrogen and oxygen atoms in total. The van der Waals surface area contributed by atoms with Crippen molar-refractivity contribution in [2.75, 3.05) is 6.61 Å². The van der Waals surface area contributed by atoms with Crippen LogP contribution in [0.25, 0.3) is 0 Å². The molecule has 0 aliphatic heterocycles. The molecule has 0 aliphatic rings. The number of imidazole rings is 1. The molecule has 0 unspecified atom stereocenters. The zero-order chi connectivity index (χ0) is 20.1. The highest BCUT2D eigenvalue weighted by Crippen LogP contribution is 2.18. The van der Waals surface area contributed by atoms with Gasteiger partial charge in [-0.15, -0.1) is 5.10 Å². The Kier molecular flexibility index (Phi) is 5.87. The summed E-state index contributed by atoms with van der Waals surface area (Å²) in [6.45, 7) is 5.41. The summed E-state index contributed by atoms with van der Waals surface area (Å²) in [5, 5.41) is 28.7. The van der Waals surface area contributed by atoms with Crippen LogP contribution in [-0.2, 0) is 19.5 Å². The smallest absolute Gasteiger partial charge is 0.411 e. The van der Waals surface area contributed by atoms with Crippen molar-refractivity contribution < 1.29 is 14.8 Å². The fourth-order valence-electron chi connectivity index (χ4n) is 2.78. The third-order valence-corrected chi connectivity index (χ3v) is 4.17. The van der Waals surface area contributed by atoms with Crippen LogP contribution in [0.3, 0.4) is 0 Å². The van der Waals surface area contributed by atoms with E-state index in [1.54, 1.807) is 4.68 Å². The maximum atomic E-state index is 10.7. The normalized spacial score (nSPS) is 12.1. The summed E-state index contributed by atoms with van der Waals surface area (Å²) in [5.41, 5.74) is 2.00. The fourth-order valence-corrected chi connectivity index (χ4v) is 2.78. The molecule has 0 saturated heterocycles. The van der Waals surface area contributed by atoms with Gasteiger partial charge in [0, 0.05) is 30.7 Å². The zero-order valence-electron chi connectivity index (χ0n) is 15.7. The van der Waals surface area contributed by atoms with Gasteiger partial charge in [0.2, 0.25) is 0 Å². The highest BCUT2D eigenvalue weighted by molar-refractivity contribution is 5.26. The lowest BCUT2D eigenvalue weighted by Crippen LogP contribution is -2.14. The van der Waals surface area contributed by atoms with Crippen molar-refractivity contribution in [2.24, 2.45) is 5.92 Å². The topological polar surface area (TPSA) is 121 Å². The minimum atomic E-state index is -0.636. The number of ether oxygens (including phenoxy) is 1. The molecule has 1 atom stereocenters. The van der Waals surface area contributed by atoms with E-state index in [0.29, 0.717) is 26.1 Å². The SMILES string of the molecule is Cc1ccc(OCCc2cn(C[C@@H](C)Cn3cc([N+](=O)[O-])nc3O)nn2)cc1. The molecule has 2 aromatic heterocycles. The average molecular weight is 386 g/mol. The molecule has 3 aromatic rings. The Labute approximate surface area is 161 Å². The third-order valence-electron chi connectivity index (χ3n) is 4.17. The fraction of sp³-hybridized carbons (Fsp3) is 0.389. The average Bonchev–Trinajstić information content (AvgIpc) is 3.24.